The van der Waals surface area contributed by atoms with Gasteiger partial charge in [0, 0.05) is 13.0 Å². The van der Waals surface area contributed by atoms with Gasteiger partial charge in [0.05, 0.1) is 9.82 Å². The van der Waals surface area contributed by atoms with Crippen LogP contribution in [-0.4, -0.2) is 30.8 Å². The van der Waals surface area contributed by atoms with Crippen molar-refractivity contribution < 1.29 is 18.1 Å². The van der Waals surface area contributed by atoms with E-state index >= 15 is 0 Å². The Bertz CT molecular complexity index is 836. The van der Waals surface area contributed by atoms with Crippen molar-refractivity contribution in [3.05, 3.63) is 46.6 Å². The summed E-state index contributed by atoms with van der Waals surface area (Å²) in [7, 11) is -3.54. The molecule has 0 aliphatic heterocycles. The Kier molecular flexibility index (Phi) is 6.56. The molecule has 0 spiro atoms. The first-order valence-electron chi connectivity index (χ1n) is 7.33. The summed E-state index contributed by atoms with van der Waals surface area (Å²) in [6, 6.07) is 8.02. The van der Waals surface area contributed by atoms with E-state index in [1.54, 1.807) is 18.2 Å². The number of amides is 1. The zero-order valence-corrected chi connectivity index (χ0v) is 14.7. The molecule has 0 fully saturated rings. The number of rotatable bonds is 9. The number of hydrogen-bond donors (Lipinski definition) is 2. The van der Waals surface area contributed by atoms with E-state index in [0.717, 1.165) is 17.5 Å². The third kappa shape index (κ3) is 5.89. The summed E-state index contributed by atoms with van der Waals surface area (Å²) in [5, 5.41) is 13.0. The van der Waals surface area contributed by atoms with Crippen LogP contribution < -0.4 is 10.0 Å². The van der Waals surface area contributed by atoms with Gasteiger partial charge in [0.15, 0.2) is 5.13 Å². The number of nitro groups is 1. The van der Waals surface area contributed by atoms with Crippen LogP contribution in [0, 0.1) is 10.1 Å². The number of hydrogen-bond acceptors (Lipinski definition) is 7. The summed E-state index contributed by atoms with van der Waals surface area (Å²) in [6.45, 7) is 0.216. The number of carbonyl (C=O) groups is 1. The maximum atomic E-state index is 12.0. The van der Waals surface area contributed by atoms with E-state index in [-0.39, 0.29) is 33.9 Å². The van der Waals surface area contributed by atoms with Gasteiger partial charge in [0.1, 0.15) is 6.20 Å². The summed E-state index contributed by atoms with van der Waals surface area (Å²) >= 11 is 0.780. The van der Waals surface area contributed by atoms with Crippen LogP contribution in [0.15, 0.2) is 41.4 Å². The van der Waals surface area contributed by atoms with Crippen molar-refractivity contribution in [2.45, 2.75) is 24.2 Å². The molecular formula is C14H16N4O5S2. The molecule has 11 heteroatoms. The number of carbonyl (C=O) groups excluding carboxylic acids is 1. The fourth-order valence-corrected chi connectivity index (χ4v) is 3.63. The molecule has 1 heterocycles. The van der Waals surface area contributed by atoms with Crippen molar-refractivity contribution in [1.82, 2.24) is 9.71 Å². The smallest absolute Gasteiger partial charge is 0.302 e. The highest BCUT2D eigenvalue weighted by atomic mass is 32.2. The molecule has 2 rings (SSSR count). The standard InChI is InChI=1S/C14H16N4O5S2/c19-12(17-14-15-10-13(24-14)18(20)21)8-4-5-9-16-25(22,23)11-6-2-1-3-7-11/h1-3,6-7,10,16H,4-5,8-9H2,(H,15,17,19). The third-order valence-electron chi connectivity index (χ3n) is 3.10. The molecule has 9 nitrogen and oxygen atoms in total. The van der Waals surface area contributed by atoms with Gasteiger partial charge in [-0.1, -0.05) is 18.2 Å². The van der Waals surface area contributed by atoms with Crippen molar-refractivity contribution in [3.63, 3.8) is 0 Å². The molecule has 0 aliphatic carbocycles. The van der Waals surface area contributed by atoms with Gasteiger partial charge in [0.25, 0.3) is 0 Å². The molecule has 0 radical (unpaired) electrons. The van der Waals surface area contributed by atoms with E-state index in [1.807, 2.05) is 0 Å². The minimum absolute atomic E-state index is 0.148. The van der Waals surface area contributed by atoms with Crippen molar-refractivity contribution in [1.29, 1.82) is 0 Å². The largest absolute Gasteiger partial charge is 0.345 e. The minimum atomic E-state index is -3.54. The second-order valence-corrected chi connectivity index (χ2v) is 7.75. The Morgan fingerprint density at radius 3 is 2.60 bits per heavy atom. The predicted molar refractivity (Wildman–Crippen MR) is 92.9 cm³/mol. The highest BCUT2D eigenvalue weighted by Crippen LogP contribution is 2.25. The Morgan fingerprint density at radius 2 is 1.96 bits per heavy atom. The average Bonchev–Trinajstić information content (AvgIpc) is 3.04. The zero-order valence-electron chi connectivity index (χ0n) is 13.0. The van der Waals surface area contributed by atoms with E-state index in [1.165, 1.54) is 12.1 Å². The Hall–Kier alpha value is -2.37. The van der Waals surface area contributed by atoms with Crippen LogP contribution in [0.5, 0.6) is 0 Å². The zero-order chi connectivity index (χ0) is 18.3. The van der Waals surface area contributed by atoms with Crippen LogP contribution in [0.4, 0.5) is 10.1 Å². The molecule has 1 amide bonds. The summed E-state index contributed by atoms with van der Waals surface area (Å²) < 4.78 is 26.4. The highest BCUT2D eigenvalue weighted by molar-refractivity contribution is 7.89. The number of nitrogens with zero attached hydrogens (tertiary/aromatic N) is 2. The molecule has 0 aliphatic rings. The normalized spacial score (nSPS) is 11.2. The SMILES string of the molecule is O=C(CCCCNS(=O)(=O)c1ccccc1)Nc1ncc([N+](=O)[O-])s1. The second kappa shape index (κ2) is 8.65. The first-order valence-corrected chi connectivity index (χ1v) is 9.63. The maximum Gasteiger partial charge on any atom is 0.345 e. The summed E-state index contributed by atoms with van der Waals surface area (Å²) in [5.74, 6) is -0.324. The van der Waals surface area contributed by atoms with Crippen LogP contribution >= 0.6 is 11.3 Å². The van der Waals surface area contributed by atoms with Crippen LogP contribution in [0.3, 0.4) is 0 Å². The molecule has 1 aromatic carbocycles. The van der Waals surface area contributed by atoms with Gasteiger partial charge >= 0.3 is 5.00 Å². The highest BCUT2D eigenvalue weighted by Gasteiger charge is 2.14. The van der Waals surface area contributed by atoms with Gasteiger partial charge in [-0.15, -0.1) is 0 Å². The van der Waals surface area contributed by atoms with Crippen molar-refractivity contribution in [3.8, 4) is 0 Å². The van der Waals surface area contributed by atoms with E-state index in [4.69, 9.17) is 0 Å². The van der Waals surface area contributed by atoms with Crippen molar-refractivity contribution in [2.24, 2.45) is 0 Å². The van der Waals surface area contributed by atoms with E-state index in [0.29, 0.717) is 12.8 Å². The lowest BCUT2D eigenvalue weighted by Gasteiger charge is -2.06. The number of anilines is 1. The van der Waals surface area contributed by atoms with Crippen LogP contribution in [0.25, 0.3) is 0 Å². The topological polar surface area (TPSA) is 131 Å². The maximum absolute atomic E-state index is 12.0. The Balaban J connectivity index is 1.68. The molecule has 134 valence electrons. The van der Waals surface area contributed by atoms with Gasteiger partial charge in [-0.3, -0.25) is 14.9 Å². The van der Waals surface area contributed by atoms with Gasteiger partial charge in [-0.05, 0) is 36.3 Å². The van der Waals surface area contributed by atoms with Crippen LogP contribution in [0.2, 0.25) is 0 Å². The third-order valence-corrected chi connectivity index (χ3v) is 5.44. The first kappa shape index (κ1) is 19.0. The quantitative estimate of drug-likeness (QED) is 0.387. The number of sulfonamides is 1. The Labute approximate surface area is 148 Å². The summed E-state index contributed by atoms with van der Waals surface area (Å²) in [5.41, 5.74) is 0. The Morgan fingerprint density at radius 1 is 1.24 bits per heavy atom. The number of benzene rings is 1. The lowest BCUT2D eigenvalue weighted by atomic mass is 10.2. The molecule has 2 aromatic rings. The molecular weight excluding hydrogens is 368 g/mol. The number of thiazole rings is 1. The number of aromatic nitrogens is 1. The van der Waals surface area contributed by atoms with Crippen LogP contribution in [0.1, 0.15) is 19.3 Å². The van der Waals surface area contributed by atoms with E-state index in [2.05, 4.69) is 15.0 Å². The van der Waals surface area contributed by atoms with Gasteiger partial charge in [0.2, 0.25) is 15.9 Å². The van der Waals surface area contributed by atoms with Gasteiger partial charge < -0.3 is 5.32 Å². The lowest BCUT2D eigenvalue weighted by molar-refractivity contribution is -0.380. The first-order chi connectivity index (χ1) is 11.9. The fraction of sp³-hybridized carbons (Fsp3) is 0.286. The average molecular weight is 384 g/mol. The van der Waals surface area contributed by atoms with E-state index < -0.39 is 14.9 Å². The predicted octanol–water partition coefficient (Wildman–Crippen LogP) is 2.14. The van der Waals surface area contributed by atoms with Crippen molar-refractivity contribution in [2.75, 3.05) is 11.9 Å². The molecule has 0 saturated heterocycles. The lowest BCUT2D eigenvalue weighted by Crippen LogP contribution is -2.25. The molecule has 25 heavy (non-hydrogen) atoms. The molecule has 0 unspecified atom stereocenters. The molecule has 1 aromatic heterocycles. The summed E-state index contributed by atoms with van der Waals surface area (Å²) in [4.78, 5) is 25.6. The van der Waals surface area contributed by atoms with E-state index in [9.17, 15) is 23.3 Å². The fourth-order valence-electron chi connectivity index (χ4n) is 1.89. The molecule has 0 atom stereocenters. The molecule has 2 N–H and O–H groups in total. The molecule has 0 bridgehead atoms. The number of unbranched alkanes of at least 4 members (excludes halogenated alkanes) is 1. The monoisotopic (exact) mass is 384 g/mol. The minimum Gasteiger partial charge on any atom is -0.302 e. The van der Waals surface area contributed by atoms with Gasteiger partial charge in [-0.25, -0.2) is 18.1 Å². The molecule has 0 saturated carbocycles. The summed E-state index contributed by atoms with van der Waals surface area (Å²) in [6.07, 6.45) is 2.20. The van der Waals surface area contributed by atoms with Crippen LogP contribution in [-0.2, 0) is 14.8 Å². The van der Waals surface area contributed by atoms with Crippen molar-refractivity contribution >= 4 is 37.4 Å². The van der Waals surface area contributed by atoms with Gasteiger partial charge in [-0.2, -0.15) is 0 Å². The number of nitrogens with one attached hydrogen (secondary N) is 2. The second-order valence-electron chi connectivity index (χ2n) is 4.98.